The van der Waals surface area contributed by atoms with E-state index in [0.717, 1.165) is 26.1 Å². The van der Waals surface area contributed by atoms with Gasteiger partial charge >= 0.3 is 226 Å². The molecular weight excluding hydrogens is 1640 g/mol. The van der Waals surface area contributed by atoms with Gasteiger partial charge in [-0.15, -0.1) is 0 Å². The first-order chi connectivity index (χ1) is 38.9. The Hall–Kier alpha value is 6.65. The minimum absolute atomic E-state index is 0. The van der Waals surface area contributed by atoms with Crippen LogP contribution in [0.25, 0.3) is 0 Å². The molecular formula is C10H20N10Na5O50P15. The summed E-state index contributed by atoms with van der Waals surface area (Å²) in [5, 5.41) is 5.47. The van der Waals surface area contributed by atoms with Crippen LogP contribution in [0.2, 0.25) is 0 Å². The van der Waals surface area contributed by atoms with Crippen molar-refractivity contribution in [1.29, 1.82) is 0 Å². The second kappa shape index (κ2) is 30.9. The normalized spacial score (nSPS) is 55.2. The van der Waals surface area contributed by atoms with Gasteiger partial charge in [0.1, 0.15) is 0 Å². The maximum atomic E-state index is 11.7. The van der Waals surface area contributed by atoms with Crippen molar-refractivity contribution in [2.24, 2.45) is 0 Å². The molecule has 80 heteroatoms. The molecule has 0 saturated carbocycles. The average Bonchev–Trinajstić information content (AvgIpc) is 1.57. The van der Waals surface area contributed by atoms with E-state index in [4.69, 9.17) is 0 Å². The predicted octanol–water partition coefficient (Wildman–Crippen LogP) is -14.6. The molecule has 20 bridgehead atoms. The van der Waals surface area contributed by atoms with Gasteiger partial charge in [0, 0.05) is 0 Å². The van der Waals surface area contributed by atoms with Crippen LogP contribution >= 0.6 is 117 Å². The molecule has 20 rings (SSSR count). The second-order valence-corrected chi connectivity index (χ2v) is 37.9. The minimum Gasteiger partial charge on any atom is -0.755 e. The van der Waals surface area contributed by atoms with Crippen LogP contribution < -0.4 is 172 Å². The third-order valence-corrected chi connectivity index (χ3v) is 31.8. The summed E-state index contributed by atoms with van der Waals surface area (Å²) >= 11 is 0. The molecule has 90 heavy (non-hydrogen) atoms. The van der Waals surface area contributed by atoms with Crippen LogP contribution in [-0.2, 0) is 204 Å². The van der Waals surface area contributed by atoms with Crippen molar-refractivity contribution in [1.82, 2.24) is 52.3 Å². The van der Waals surface area contributed by atoms with Gasteiger partial charge in [-0.3, -0.25) is 22.8 Å². The van der Waals surface area contributed by atoms with Gasteiger partial charge in [0.15, 0.2) is 0 Å². The van der Waals surface area contributed by atoms with Crippen molar-refractivity contribution in [3.05, 3.63) is 0 Å². The van der Waals surface area contributed by atoms with Crippen molar-refractivity contribution in [2.75, 3.05) is 65.4 Å². The van der Waals surface area contributed by atoms with E-state index in [0.29, 0.717) is 26.1 Å². The van der Waals surface area contributed by atoms with E-state index in [-0.39, 0.29) is 213 Å². The van der Waals surface area contributed by atoms with E-state index < -0.39 is 117 Å². The van der Waals surface area contributed by atoms with Crippen molar-refractivity contribution < 1.29 is 376 Å². The molecule has 0 aromatic carbocycles. The first kappa shape index (κ1) is 85.6. The van der Waals surface area contributed by atoms with Crippen molar-refractivity contribution >= 4 is 117 Å². The number of phosphoric acid groups is 15. The molecule has 20 heterocycles. The van der Waals surface area contributed by atoms with E-state index in [1.807, 2.05) is 0 Å². The summed E-state index contributed by atoms with van der Waals surface area (Å²) in [5.74, 6) is 0. The van der Waals surface area contributed by atoms with E-state index in [1.165, 1.54) is 0 Å². The summed E-state index contributed by atoms with van der Waals surface area (Å²) in [7, 11) is -68.8. The smallest absolute Gasteiger partial charge is 0.755 e. The zero-order valence-electron chi connectivity index (χ0n) is 43.7. The number of nitrogens with zero attached hydrogens (tertiary/aromatic N) is 10. The summed E-state index contributed by atoms with van der Waals surface area (Å²) in [5.41, 5.74) is 0. The SMILES string of the molecule is O=P1([O-])ON2CCN3OP(=O)(O3)OP(=O)(O2)O1.O=P1([O-])ON2CCN3OP(=O)(O3)OP(=O)(O2)O1.O=P1([O-])ON2CCN3OP(=O)(O3)OP(=O)(O2)O1.O=P1([O-])ON2CCN3OP(=O)(O3)OP(=O)(O2)O1.O=P1([O-])ON2CCN3OP(=O)(O3)OP(=O)(O2)O1.[Na+].[Na+].[Na+].[Na+].[Na+]. The topological polar surface area (TPSA) is 681 Å². The fourth-order valence-electron chi connectivity index (χ4n) is 5.64. The summed E-state index contributed by atoms with van der Waals surface area (Å²) in [6, 6.07) is 0. The molecule has 0 amide bonds. The van der Waals surface area contributed by atoms with Crippen molar-refractivity contribution in [3.8, 4) is 0 Å². The Morgan fingerprint density at radius 1 is 0.167 bits per heavy atom. The Balaban J connectivity index is 0.000000177. The molecule has 0 aromatic rings. The molecule has 15 unspecified atom stereocenters. The Morgan fingerprint density at radius 3 is 0.389 bits per heavy atom. The van der Waals surface area contributed by atoms with Crippen LogP contribution in [-0.4, -0.2) is 118 Å². The van der Waals surface area contributed by atoms with Gasteiger partial charge in [0.05, 0.1) is 65.4 Å². The van der Waals surface area contributed by atoms with Crippen molar-refractivity contribution in [2.45, 2.75) is 0 Å². The molecule has 20 aliphatic rings. The van der Waals surface area contributed by atoms with Gasteiger partial charge in [0.25, 0.3) is 39.1 Å². The fraction of sp³-hybridized carbons (Fsp3) is 1.00. The zero-order valence-corrected chi connectivity index (χ0v) is 67.1. The van der Waals surface area contributed by atoms with Crippen LogP contribution in [0.15, 0.2) is 0 Å². The minimum atomic E-state index is -4.92. The molecule has 20 aliphatic heterocycles. The van der Waals surface area contributed by atoms with E-state index in [1.54, 1.807) is 0 Å². The number of fused-ring (bicyclic) bond motifs is 5. The van der Waals surface area contributed by atoms with E-state index in [9.17, 15) is 92.9 Å². The quantitative estimate of drug-likeness (QED) is 0.160. The zero-order chi connectivity index (χ0) is 61.6. The molecule has 0 N–H and O–H groups in total. The third-order valence-electron chi connectivity index (χ3n) is 8.15. The number of hydrogen-bond acceptors (Lipinski definition) is 60. The maximum Gasteiger partial charge on any atom is 1.00 e. The summed E-state index contributed by atoms with van der Waals surface area (Å²) in [6.07, 6.45) is 0. The van der Waals surface area contributed by atoms with Gasteiger partial charge in [-0.1, -0.05) is 0 Å². The standard InChI is InChI=1S/5C2H5N2O10P3.5Na/c5*5-15(6)9-3-1-2-4-10-16(7,11-4)14-17(8,12-3)13-15;;;;;/h5*1-2H2,(H,5,6);;;;;/q;;;;;5*+1/p-5. The van der Waals surface area contributed by atoms with E-state index >= 15 is 0 Å². The first-order valence-electron chi connectivity index (χ1n) is 20.3. The monoisotopic (exact) mass is 1660 g/mol. The molecule has 0 radical (unpaired) electrons. The molecule has 0 spiro atoms. The molecule has 0 aromatic heterocycles. The predicted molar refractivity (Wildman–Crippen MR) is 214 cm³/mol. The Labute approximate surface area is 604 Å². The van der Waals surface area contributed by atoms with Gasteiger partial charge in [-0.2, -0.15) is 90.9 Å². The van der Waals surface area contributed by atoms with Crippen LogP contribution in [0.5, 0.6) is 0 Å². The number of hydroxylamine groups is 20. The third kappa shape index (κ3) is 22.6. The Kier molecular flexibility index (Phi) is 29.3. The molecule has 20 fully saturated rings. The summed E-state index contributed by atoms with van der Waals surface area (Å²) in [6.45, 7) is -1.62. The molecule has 490 valence electrons. The van der Waals surface area contributed by atoms with Crippen LogP contribution in [0.4, 0.5) is 0 Å². The molecule has 60 nitrogen and oxygen atoms in total. The van der Waals surface area contributed by atoms with Crippen LogP contribution in [0.1, 0.15) is 0 Å². The van der Waals surface area contributed by atoms with Crippen molar-refractivity contribution in [3.63, 3.8) is 0 Å². The molecule has 20 saturated heterocycles. The first-order valence-corrected chi connectivity index (χ1v) is 42.2. The Bertz CT molecular complexity index is 2940. The average molecular weight is 1660 g/mol. The largest absolute Gasteiger partial charge is 1.00 e. The van der Waals surface area contributed by atoms with Gasteiger partial charge in [-0.05, 0) is 52.3 Å². The molecule has 0 aliphatic carbocycles. The Morgan fingerprint density at radius 2 is 0.267 bits per heavy atom. The summed E-state index contributed by atoms with van der Waals surface area (Å²) in [4.78, 5) is 55.5. The second-order valence-electron chi connectivity index (χ2n) is 14.7. The van der Waals surface area contributed by atoms with Gasteiger partial charge in [-0.25, -0.2) is 90.3 Å². The molecule has 15 atom stereocenters. The van der Waals surface area contributed by atoms with Gasteiger partial charge < -0.3 is 24.5 Å². The maximum absolute atomic E-state index is 11.7. The van der Waals surface area contributed by atoms with E-state index in [2.05, 4.69) is 136 Å². The summed E-state index contributed by atoms with van der Waals surface area (Å²) < 4.78 is 302. The fourth-order valence-corrected chi connectivity index (χ4v) is 27.1. The van der Waals surface area contributed by atoms with Gasteiger partial charge in [0.2, 0.25) is 0 Å². The van der Waals surface area contributed by atoms with Crippen LogP contribution in [0.3, 0.4) is 0 Å². The number of rotatable bonds is 0. The number of hydrogen-bond donors (Lipinski definition) is 0. The van der Waals surface area contributed by atoms with Crippen LogP contribution in [0, 0.1) is 0 Å².